The Labute approximate surface area is 167 Å². The predicted octanol–water partition coefficient (Wildman–Crippen LogP) is 2.86. The van der Waals surface area contributed by atoms with Crippen LogP contribution in [-0.4, -0.2) is 60.7 Å². The Morgan fingerprint density at radius 1 is 1.14 bits per heavy atom. The Morgan fingerprint density at radius 2 is 2.00 bits per heavy atom. The van der Waals surface area contributed by atoms with Crippen molar-refractivity contribution in [1.82, 2.24) is 19.8 Å². The summed E-state index contributed by atoms with van der Waals surface area (Å²) in [6.07, 6.45) is 5.49. The molecule has 150 valence electrons. The van der Waals surface area contributed by atoms with Crippen molar-refractivity contribution in [1.29, 1.82) is 0 Å². The van der Waals surface area contributed by atoms with Crippen LogP contribution in [0.3, 0.4) is 0 Å². The van der Waals surface area contributed by atoms with Gasteiger partial charge in [-0.1, -0.05) is 6.07 Å². The zero-order chi connectivity index (χ0) is 19.5. The zero-order valence-electron chi connectivity index (χ0n) is 17.1. The molecule has 2 aromatic rings. The van der Waals surface area contributed by atoms with Crippen molar-refractivity contribution in [3.63, 3.8) is 0 Å². The minimum Gasteiger partial charge on any atom is -0.493 e. The molecule has 0 aliphatic carbocycles. The van der Waals surface area contributed by atoms with E-state index >= 15 is 0 Å². The third-order valence-corrected chi connectivity index (χ3v) is 5.88. The number of hydrogen-bond acceptors (Lipinski definition) is 6. The SMILES string of the molecule is COc1ccc(CN2CCc3nc(C4CCCN(C)C4)ncc3C2)cc1OC. The van der Waals surface area contributed by atoms with Crippen LogP contribution in [0, 0.1) is 0 Å². The van der Waals surface area contributed by atoms with Gasteiger partial charge in [0.05, 0.1) is 14.2 Å². The summed E-state index contributed by atoms with van der Waals surface area (Å²) < 4.78 is 10.8. The van der Waals surface area contributed by atoms with E-state index in [1.165, 1.54) is 36.2 Å². The molecular weight excluding hydrogens is 352 g/mol. The maximum Gasteiger partial charge on any atom is 0.161 e. The molecule has 3 heterocycles. The van der Waals surface area contributed by atoms with Crippen molar-refractivity contribution in [2.24, 2.45) is 0 Å². The van der Waals surface area contributed by atoms with Crippen LogP contribution < -0.4 is 9.47 Å². The molecule has 0 spiro atoms. The number of fused-ring (bicyclic) bond motifs is 1. The molecule has 0 bridgehead atoms. The predicted molar refractivity (Wildman–Crippen MR) is 109 cm³/mol. The molecule has 1 unspecified atom stereocenters. The highest BCUT2D eigenvalue weighted by Gasteiger charge is 2.24. The maximum atomic E-state index is 5.43. The second-order valence-electron chi connectivity index (χ2n) is 7.95. The number of likely N-dealkylation sites (tertiary alicyclic amines) is 1. The maximum absolute atomic E-state index is 5.43. The highest BCUT2D eigenvalue weighted by Crippen LogP contribution is 2.29. The van der Waals surface area contributed by atoms with Crippen LogP contribution in [0.25, 0.3) is 0 Å². The van der Waals surface area contributed by atoms with Crippen molar-refractivity contribution in [2.75, 3.05) is 40.9 Å². The number of piperidine rings is 1. The van der Waals surface area contributed by atoms with Crippen LogP contribution in [0.1, 0.15) is 41.4 Å². The van der Waals surface area contributed by atoms with E-state index in [9.17, 15) is 0 Å². The molecule has 1 saturated heterocycles. The number of rotatable bonds is 5. The fourth-order valence-electron chi connectivity index (χ4n) is 4.34. The van der Waals surface area contributed by atoms with Crippen LogP contribution in [0.5, 0.6) is 11.5 Å². The van der Waals surface area contributed by atoms with Crippen molar-refractivity contribution in [3.8, 4) is 11.5 Å². The first-order chi connectivity index (χ1) is 13.7. The summed E-state index contributed by atoms with van der Waals surface area (Å²) in [5, 5.41) is 0. The normalized spacial score (nSPS) is 20.6. The second kappa shape index (κ2) is 8.45. The van der Waals surface area contributed by atoms with E-state index in [-0.39, 0.29) is 0 Å². The van der Waals surface area contributed by atoms with Gasteiger partial charge < -0.3 is 14.4 Å². The number of ether oxygens (including phenoxy) is 2. The van der Waals surface area contributed by atoms with Gasteiger partial charge in [0.1, 0.15) is 5.82 Å². The van der Waals surface area contributed by atoms with Crippen LogP contribution in [-0.2, 0) is 19.5 Å². The van der Waals surface area contributed by atoms with Gasteiger partial charge in [-0.3, -0.25) is 4.90 Å². The summed E-state index contributed by atoms with van der Waals surface area (Å²) >= 11 is 0. The molecule has 1 aromatic carbocycles. The molecule has 2 aliphatic rings. The van der Waals surface area contributed by atoms with E-state index in [0.717, 1.165) is 49.9 Å². The first kappa shape index (κ1) is 19.2. The van der Waals surface area contributed by atoms with Gasteiger partial charge in [-0.2, -0.15) is 0 Å². The topological polar surface area (TPSA) is 50.7 Å². The number of hydrogen-bond donors (Lipinski definition) is 0. The molecule has 0 N–H and O–H groups in total. The van der Waals surface area contributed by atoms with Crippen molar-refractivity contribution in [3.05, 3.63) is 47.0 Å². The lowest BCUT2D eigenvalue weighted by Crippen LogP contribution is -2.33. The number of nitrogens with zero attached hydrogens (tertiary/aromatic N) is 4. The summed E-state index contributed by atoms with van der Waals surface area (Å²) in [4.78, 5) is 14.5. The highest BCUT2D eigenvalue weighted by molar-refractivity contribution is 5.43. The Balaban J connectivity index is 1.44. The molecule has 0 radical (unpaired) electrons. The Morgan fingerprint density at radius 3 is 2.79 bits per heavy atom. The first-order valence-corrected chi connectivity index (χ1v) is 10.1. The average molecular weight is 383 g/mol. The quantitative estimate of drug-likeness (QED) is 0.793. The van der Waals surface area contributed by atoms with Crippen LogP contribution >= 0.6 is 0 Å². The minimum atomic E-state index is 0.480. The zero-order valence-corrected chi connectivity index (χ0v) is 17.1. The Bertz CT molecular complexity index is 826. The van der Waals surface area contributed by atoms with Gasteiger partial charge in [-0.15, -0.1) is 0 Å². The summed E-state index contributed by atoms with van der Waals surface area (Å²) in [5.74, 6) is 3.07. The molecule has 1 aromatic heterocycles. The van der Waals surface area contributed by atoms with Gasteiger partial charge >= 0.3 is 0 Å². The summed E-state index contributed by atoms with van der Waals surface area (Å²) in [7, 11) is 5.53. The van der Waals surface area contributed by atoms with E-state index in [2.05, 4.69) is 35.2 Å². The Kier molecular flexibility index (Phi) is 5.78. The molecule has 6 heteroatoms. The molecule has 4 rings (SSSR count). The summed E-state index contributed by atoms with van der Waals surface area (Å²) in [5.41, 5.74) is 3.73. The van der Waals surface area contributed by atoms with E-state index in [0.29, 0.717) is 5.92 Å². The molecular formula is C22H30N4O2. The molecule has 1 atom stereocenters. The second-order valence-corrected chi connectivity index (χ2v) is 7.95. The fraction of sp³-hybridized carbons (Fsp3) is 0.545. The molecule has 0 amide bonds. The molecule has 6 nitrogen and oxygen atoms in total. The summed E-state index contributed by atoms with van der Waals surface area (Å²) in [6.45, 7) is 5.06. The third kappa shape index (κ3) is 4.13. The van der Waals surface area contributed by atoms with Gasteiger partial charge in [-0.05, 0) is 44.1 Å². The first-order valence-electron chi connectivity index (χ1n) is 10.1. The number of likely N-dealkylation sites (N-methyl/N-ethyl adjacent to an activating group) is 1. The lowest BCUT2D eigenvalue weighted by atomic mass is 9.97. The largest absolute Gasteiger partial charge is 0.493 e. The molecule has 28 heavy (non-hydrogen) atoms. The van der Waals surface area contributed by atoms with Gasteiger partial charge in [0.25, 0.3) is 0 Å². The standard InChI is InChI=1S/C22H30N4O2/c1-25-9-4-5-17(14-25)22-23-12-18-15-26(10-8-19(18)24-22)13-16-6-7-20(27-2)21(11-16)28-3/h6-7,11-12,17H,4-5,8-10,13-15H2,1-3H3. The van der Waals surface area contributed by atoms with E-state index in [1.54, 1.807) is 14.2 Å². The highest BCUT2D eigenvalue weighted by atomic mass is 16.5. The van der Waals surface area contributed by atoms with Gasteiger partial charge in [0.2, 0.25) is 0 Å². The van der Waals surface area contributed by atoms with E-state index in [4.69, 9.17) is 19.4 Å². The lowest BCUT2D eigenvalue weighted by molar-refractivity contribution is 0.236. The average Bonchev–Trinajstić information content (AvgIpc) is 2.73. The Hall–Kier alpha value is -2.18. The molecule has 1 fully saturated rings. The van der Waals surface area contributed by atoms with Gasteiger partial charge in [0, 0.05) is 56.0 Å². The van der Waals surface area contributed by atoms with Gasteiger partial charge in [-0.25, -0.2) is 9.97 Å². The monoisotopic (exact) mass is 382 g/mol. The third-order valence-electron chi connectivity index (χ3n) is 5.88. The number of methoxy groups -OCH3 is 2. The molecule has 2 aliphatic heterocycles. The summed E-state index contributed by atoms with van der Waals surface area (Å²) in [6, 6.07) is 6.15. The van der Waals surface area contributed by atoms with Crippen molar-refractivity contribution >= 4 is 0 Å². The smallest absolute Gasteiger partial charge is 0.161 e. The fourth-order valence-corrected chi connectivity index (χ4v) is 4.34. The van der Waals surface area contributed by atoms with Gasteiger partial charge in [0.15, 0.2) is 11.5 Å². The van der Waals surface area contributed by atoms with Crippen molar-refractivity contribution < 1.29 is 9.47 Å². The number of benzene rings is 1. The minimum absolute atomic E-state index is 0.480. The molecule has 0 saturated carbocycles. The van der Waals surface area contributed by atoms with Crippen LogP contribution in [0.15, 0.2) is 24.4 Å². The van der Waals surface area contributed by atoms with Crippen LogP contribution in [0.4, 0.5) is 0 Å². The van der Waals surface area contributed by atoms with Crippen LogP contribution in [0.2, 0.25) is 0 Å². The number of aromatic nitrogens is 2. The van der Waals surface area contributed by atoms with E-state index < -0.39 is 0 Å². The van der Waals surface area contributed by atoms with E-state index in [1.807, 2.05) is 6.07 Å². The van der Waals surface area contributed by atoms with Crippen molar-refractivity contribution in [2.45, 2.75) is 38.3 Å². The lowest BCUT2D eigenvalue weighted by Gasteiger charge is -2.31.